The molecule has 0 saturated heterocycles. The van der Waals surface area contributed by atoms with Crippen LogP contribution in [0.2, 0.25) is 5.02 Å². The molecule has 0 spiro atoms. The van der Waals surface area contributed by atoms with E-state index in [4.69, 9.17) is 11.6 Å². The molecule has 0 saturated carbocycles. The lowest BCUT2D eigenvalue weighted by molar-refractivity contribution is 0.629. The van der Waals surface area contributed by atoms with Crippen LogP contribution in [0.25, 0.3) is 0 Å². The predicted molar refractivity (Wildman–Crippen MR) is 65.4 cm³/mol. The number of anilines is 2. The van der Waals surface area contributed by atoms with Crippen LogP contribution in [0.5, 0.6) is 0 Å². The van der Waals surface area contributed by atoms with Crippen molar-refractivity contribution < 1.29 is 4.39 Å². The highest BCUT2D eigenvalue weighted by Crippen LogP contribution is 2.27. The number of hydrogen-bond acceptors (Lipinski definition) is 3. The summed E-state index contributed by atoms with van der Waals surface area (Å²) in [5.74, 6) is -0.576. The van der Waals surface area contributed by atoms with Crippen LogP contribution in [-0.4, -0.2) is 0 Å². The van der Waals surface area contributed by atoms with Crippen LogP contribution in [0.4, 0.5) is 15.8 Å². The second-order valence-electron chi connectivity index (χ2n) is 3.59. The summed E-state index contributed by atoms with van der Waals surface area (Å²) in [6.45, 7) is 1.77. The van der Waals surface area contributed by atoms with Gasteiger partial charge < -0.3 is 5.32 Å². The van der Waals surface area contributed by atoms with Crippen molar-refractivity contribution in [1.82, 2.24) is 0 Å². The summed E-state index contributed by atoms with van der Waals surface area (Å²) in [5.41, 5.74) is -0.140. The predicted octanol–water partition coefficient (Wildman–Crippen LogP) is 2.38. The van der Waals surface area contributed by atoms with E-state index < -0.39 is 16.7 Å². The van der Waals surface area contributed by atoms with Crippen LogP contribution in [0, 0.1) is 5.82 Å². The summed E-state index contributed by atoms with van der Waals surface area (Å²) in [5, 5.41) is 2.61. The maximum absolute atomic E-state index is 13.2. The highest BCUT2D eigenvalue weighted by atomic mass is 35.5. The van der Waals surface area contributed by atoms with Gasteiger partial charge in [0.1, 0.15) is 5.82 Å². The fraction of sp³-hybridized carbons (Fsp3) is 0.167. The molecule has 0 radical (unpaired) electrons. The molecule has 0 unspecified atom stereocenters. The van der Waals surface area contributed by atoms with Gasteiger partial charge in [0.25, 0.3) is 0 Å². The number of hydrogen-bond donors (Lipinski definition) is 1. The van der Waals surface area contributed by atoms with Crippen LogP contribution >= 0.6 is 11.6 Å². The second-order valence-corrected chi connectivity index (χ2v) is 3.97. The fourth-order valence-electron chi connectivity index (χ4n) is 1.64. The molecule has 0 amide bonds. The lowest BCUT2D eigenvalue weighted by atomic mass is 10.0. The van der Waals surface area contributed by atoms with Gasteiger partial charge in [0.05, 0.1) is 16.4 Å². The normalized spacial score (nSPS) is 10.8. The molecule has 2 aromatic rings. The van der Waals surface area contributed by atoms with Gasteiger partial charge in [-0.15, -0.1) is 0 Å². The first-order valence-electron chi connectivity index (χ1n) is 5.09. The van der Waals surface area contributed by atoms with Gasteiger partial charge in [0.15, 0.2) is 0 Å². The molecule has 5 heteroatoms. The maximum Gasteiger partial charge on any atom is 0.249 e. The van der Waals surface area contributed by atoms with Crippen LogP contribution in [-0.2, 0) is 6.42 Å². The quantitative estimate of drug-likeness (QED) is 0.855. The Bertz CT molecular complexity index is 644. The molecule has 0 aliphatic heterocycles. The molecule has 88 valence electrons. The molecule has 0 heterocycles. The highest BCUT2D eigenvalue weighted by molar-refractivity contribution is 6.33. The van der Waals surface area contributed by atoms with Crippen molar-refractivity contribution in [2.45, 2.75) is 13.3 Å². The third kappa shape index (κ3) is 1.85. The van der Waals surface area contributed by atoms with E-state index in [0.717, 1.165) is 0 Å². The maximum atomic E-state index is 13.2. The zero-order valence-electron chi connectivity index (χ0n) is 9.01. The Morgan fingerprint density at radius 1 is 1.29 bits per heavy atom. The van der Waals surface area contributed by atoms with E-state index in [2.05, 4.69) is 5.32 Å². The van der Waals surface area contributed by atoms with Crippen molar-refractivity contribution >= 4 is 23.0 Å². The summed E-state index contributed by atoms with van der Waals surface area (Å²) in [6, 6.07) is 4.23. The number of rotatable bonds is 3. The second kappa shape index (κ2) is 4.30. The molecule has 0 atom stereocenters. The summed E-state index contributed by atoms with van der Waals surface area (Å²) in [7, 11) is 0. The number of benzene rings is 1. The van der Waals surface area contributed by atoms with E-state index in [1.807, 2.05) is 0 Å². The van der Waals surface area contributed by atoms with Crippen LogP contribution in [0.3, 0.4) is 0 Å². The molecule has 2 aromatic carbocycles. The number of halogens is 2. The highest BCUT2D eigenvalue weighted by Gasteiger charge is 2.20. The van der Waals surface area contributed by atoms with Gasteiger partial charge in [-0.1, -0.05) is 24.6 Å². The largest absolute Gasteiger partial charge is 0.351 e. The molecular formula is C12H9ClFNO2. The molecule has 0 aliphatic carbocycles. The molecule has 17 heavy (non-hydrogen) atoms. The molecule has 0 aromatic heterocycles. The van der Waals surface area contributed by atoms with Gasteiger partial charge in [-0.05, 0) is 18.6 Å². The Morgan fingerprint density at radius 3 is 2.65 bits per heavy atom. The van der Waals surface area contributed by atoms with E-state index in [1.165, 1.54) is 12.1 Å². The van der Waals surface area contributed by atoms with Crippen LogP contribution in [0.1, 0.15) is 12.5 Å². The smallest absolute Gasteiger partial charge is 0.249 e. The zero-order chi connectivity index (χ0) is 12.6. The van der Waals surface area contributed by atoms with E-state index in [-0.39, 0.29) is 16.4 Å². The summed E-state index contributed by atoms with van der Waals surface area (Å²) >= 11 is 5.74. The summed E-state index contributed by atoms with van der Waals surface area (Å²) < 4.78 is 13.2. The Hall–Kier alpha value is -1.68. The van der Waals surface area contributed by atoms with Crippen LogP contribution < -0.4 is 16.2 Å². The molecule has 0 fully saturated rings. The molecule has 3 nitrogen and oxygen atoms in total. The standard InChI is InChI=1S/C12H9ClFNO2/c1-2-6-10(12(17)11(6)16)15-8-5-3-4-7(14)9(8)13/h3-5,15H,2H2,1H3. The van der Waals surface area contributed by atoms with Gasteiger partial charge in [0.2, 0.25) is 10.9 Å². The average Bonchev–Trinajstić information content (AvgIpc) is 2.33. The molecule has 0 bridgehead atoms. The van der Waals surface area contributed by atoms with Crippen molar-refractivity contribution in [3.63, 3.8) is 0 Å². The van der Waals surface area contributed by atoms with Crippen molar-refractivity contribution in [2.75, 3.05) is 5.32 Å². The lowest BCUT2D eigenvalue weighted by Gasteiger charge is -2.13. The number of nitrogens with one attached hydrogen (secondary N) is 1. The van der Waals surface area contributed by atoms with Crippen molar-refractivity contribution in [3.05, 3.63) is 55.0 Å². The van der Waals surface area contributed by atoms with E-state index in [1.54, 1.807) is 13.0 Å². The van der Waals surface area contributed by atoms with Crippen molar-refractivity contribution in [2.24, 2.45) is 0 Å². The van der Waals surface area contributed by atoms with E-state index >= 15 is 0 Å². The Labute approximate surface area is 102 Å². The molecular weight excluding hydrogens is 245 g/mol. The minimum absolute atomic E-state index is 0.0948. The van der Waals surface area contributed by atoms with Crippen molar-refractivity contribution in [1.29, 1.82) is 0 Å². The van der Waals surface area contributed by atoms with Gasteiger partial charge in [0, 0.05) is 5.56 Å². The Balaban J connectivity index is 2.39. The van der Waals surface area contributed by atoms with Gasteiger partial charge in [-0.25, -0.2) is 4.39 Å². The first-order valence-corrected chi connectivity index (χ1v) is 5.47. The van der Waals surface area contributed by atoms with Crippen molar-refractivity contribution in [3.8, 4) is 0 Å². The van der Waals surface area contributed by atoms with Crippen LogP contribution in [0.15, 0.2) is 27.8 Å². The van der Waals surface area contributed by atoms with E-state index in [0.29, 0.717) is 12.0 Å². The molecule has 1 N–H and O–H groups in total. The van der Waals surface area contributed by atoms with Gasteiger partial charge in [-0.2, -0.15) is 0 Å². The lowest BCUT2D eigenvalue weighted by Crippen LogP contribution is -2.37. The molecule has 0 aliphatic rings. The summed E-state index contributed by atoms with van der Waals surface area (Å²) in [6.07, 6.45) is 0.458. The molecule has 2 rings (SSSR count). The average molecular weight is 254 g/mol. The third-order valence-corrected chi connectivity index (χ3v) is 2.96. The van der Waals surface area contributed by atoms with Gasteiger partial charge >= 0.3 is 0 Å². The third-order valence-electron chi connectivity index (χ3n) is 2.57. The zero-order valence-corrected chi connectivity index (χ0v) is 9.77. The topological polar surface area (TPSA) is 46.2 Å². The van der Waals surface area contributed by atoms with E-state index in [9.17, 15) is 14.0 Å². The monoisotopic (exact) mass is 253 g/mol. The Morgan fingerprint density at radius 2 is 2.00 bits per heavy atom. The first-order chi connectivity index (χ1) is 8.06. The summed E-state index contributed by atoms with van der Waals surface area (Å²) in [4.78, 5) is 22.5. The minimum atomic E-state index is -0.581. The SMILES string of the molecule is CCc1c(Nc2cccc(F)c2Cl)c(=O)c1=O. The Kier molecular flexibility index (Phi) is 2.98. The first kappa shape index (κ1) is 11.8. The van der Waals surface area contributed by atoms with Gasteiger partial charge in [-0.3, -0.25) is 9.59 Å². The minimum Gasteiger partial charge on any atom is -0.351 e. The fourth-order valence-corrected chi connectivity index (χ4v) is 1.82.